The summed E-state index contributed by atoms with van der Waals surface area (Å²) in [5.74, 6) is 1.23. The van der Waals surface area contributed by atoms with Crippen LogP contribution in [-0.2, 0) is 4.79 Å². The second kappa shape index (κ2) is 4.42. The molecule has 3 nitrogen and oxygen atoms in total. The van der Waals surface area contributed by atoms with Gasteiger partial charge >= 0.3 is 5.97 Å². The van der Waals surface area contributed by atoms with Crippen LogP contribution in [-0.4, -0.2) is 11.1 Å². The SMILES string of the molecule is Nc1ccc(F)c(C#CCC(=O)O)c1F. The molecule has 1 rings (SSSR count). The minimum atomic E-state index is -1.16. The average Bonchev–Trinajstić information content (AvgIpc) is 2.17. The fourth-order valence-electron chi connectivity index (χ4n) is 0.891. The Labute approximate surface area is 84.5 Å². The second-order valence-corrected chi connectivity index (χ2v) is 2.70. The standard InChI is InChI=1S/C10H7F2NO2/c11-7-4-5-8(13)10(12)6(7)2-1-3-9(14)15/h4-5H,3,13H2,(H,14,15). The third-order valence-corrected chi connectivity index (χ3v) is 1.57. The second-order valence-electron chi connectivity index (χ2n) is 2.70. The number of aliphatic carboxylic acids is 1. The van der Waals surface area contributed by atoms with Crippen molar-refractivity contribution in [1.29, 1.82) is 0 Å². The number of anilines is 1. The van der Waals surface area contributed by atoms with Crippen molar-refractivity contribution in [3.63, 3.8) is 0 Å². The molecule has 0 radical (unpaired) electrons. The zero-order valence-corrected chi connectivity index (χ0v) is 7.55. The molecule has 0 unspecified atom stereocenters. The summed E-state index contributed by atoms with van der Waals surface area (Å²) in [7, 11) is 0. The number of rotatable bonds is 1. The van der Waals surface area contributed by atoms with Gasteiger partial charge in [0.05, 0.1) is 11.3 Å². The van der Waals surface area contributed by atoms with Crippen molar-refractivity contribution >= 4 is 11.7 Å². The van der Waals surface area contributed by atoms with Gasteiger partial charge in [0.2, 0.25) is 0 Å². The number of nitrogens with two attached hydrogens (primary N) is 1. The van der Waals surface area contributed by atoms with Crippen LogP contribution in [0.5, 0.6) is 0 Å². The van der Waals surface area contributed by atoms with E-state index in [0.717, 1.165) is 12.1 Å². The lowest BCUT2D eigenvalue weighted by Crippen LogP contribution is -1.97. The topological polar surface area (TPSA) is 63.3 Å². The number of carboxylic acids is 1. The van der Waals surface area contributed by atoms with Gasteiger partial charge in [0.25, 0.3) is 0 Å². The van der Waals surface area contributed by atoms with Gasteiger partial charge in [-0.15, -0.1) is 0 Å². The molecule has 0 aliphatic carbocycles. The summed E-state index contributed by atoms with van der Waals surface area (Å²) in [5.41, 5.74) is 4.47. The van der Waals surface area contributed by atoms with E-state index in [0.29, 0.717) is 0 Å². The summed E-state index contributed by atoms with van der Waals surface area (Å²) in [6, 6.07) is 2.05. The van der Waals surface area contributed by atoms with Crippen LogP contribution >= 0.6 is 0 Å². The van der Waals surface area contributed by atoms with E-state index in [2.05, 4.69) is 11.8 Å². The van der Waals surface area contributed by atoms with Crippen molar-refractivity contribution in [3.05, 3.63) is 29.3 Å². The molecular formula is C10H7F2NO2. The molecule has 3 N–H and O–H groups in total. The minimum absolute atomic E-state index is 0.226. The normalized spacial score (nSPS) is 9.20. The van der Waals surface area contributed by atoms with E-state index in [1.54, 1.807) is 0 Å². The van der Waals surface area contributed by atoms with E-state index >= 15 is 0 Å². The van der Waals surface area contributed by atoms with Crippen LogP contribution < -0.4 is 5.73 Å². The number of nitrogen functional groups attached to an aromatic ring is 1. The van der Waals surface area contributed by atoms with Crippen molar-refractivity contribution < 1.29 is 18.7 Å². The lowest BCUT2D eigenvalue weighted by Gasteiger charge is -1.99. The number of hydrogen-bond donors (Lipinski definition) is 2. The van der Waals surface area contributed by atoms with Crippen LogP contribution in [0, 0.1) is 23.5 Å². The van der Waals surface area contributed by atoms with E-state index in [1.165, 1.54) is 0 Å². The molecule has 5 heteroatoms. The van der Waals surface area contributed by atoms with E-state index in [9.17, 15) is 13.6 Å². The summed E-state index contributed by atoms with van der Waals surface area (Å²) in [4.78, 5) is 10.1. The summed E-state index contributed by atoms with van der Waals surface area (Å²) in [5, 5.41) is 8.27. The molecule has 0 spiro atoms. The molecule has 0 aliphatic rings. The molecule has 0 heterocycles. The van der Waals surface area contributed by atoms with Gasteiger partial charge in [-0.2, -0.15) is 0 Å². The molecule has 0 aromatic heterocycles. The zero-order chi connectivity index (χ0) is 11.4. The van der Waals surface area contributed by atoms with Crippen molar-refractivity contribution in [2.45, 2.75) is 6.42 Å². The highest BCUT2D eigenvalue weighted by atomic mass is 19.1. The third-order valence-electron chi connectivity index (χ3n) is 1.57. The van der Waals surface area contributed by atoms with Crippen LogP contribution in [0.3, 0.4) is 0 Å². The molecular weight excluding hydrogens is 204 g/mol. The molecule has 0 atom stereocenters. The fraction of sp³-hybridized carbons (Fsp3) is 0.100. The Bertz CT molecular complexity index is 460. The Kier molecular flexibility index (Phi) is 3.24. The minimum Gasteiger partial charge on any atom is -0.481 e. The molecule has 1 aromatic rings. The lowest BCUT2D eigenvalue weighted by molar-refractivity contribution is -0.135. The highest BCUT2D eigenvalue weighted by Crippen LogP contribution is 2.17. The highest BCUT2D eigenvalue weighted by molar-refractivity contribution is 5.70. The van der Waals surface area contributed by atoms with Gasteiger partial charge in [-0.1, -0.05) is 11.8 Å². The maximum absolute atomic E-state index is 13.2. The van der Waals surface area contributed by atoms with E-state index in [4.69, 9.17) is 10.8 Å². The number of hydrogen-bond acceptors (Lipinski definition) is 2. The Hall–Kier alpha value is -2.09. The van der Waals surface area contributed by atoms with E-state index < -0.39 is 29.6 Å². The van der Waals surface area contributed by atoms with E-state index in [1.807, 2.05) is 0 Å². The van der Waals surface area contributed by atoms with Crippen LogP contribution in [0.4, 0.5) is 14.5 Å². The van der Waals surface area contributed by atoms with Gasteiger partial charge < -0.3 is 10.8 Å². The number of carboxylic acid groups (broad SMARTS) is 1. The largest absolute Gasteiger partial charge is 0.481 e. The van der Waals surface area contributed by atoms with Crippen LogP contribution in [0.15, 0.2) is 12.1 Å². The quantitative estimate of drug-likeness (QED) is 0.544. The predicted octanol–water partition coefficient (Wildman–Crippen LogP) is 1.37. The summed E-state index contributed by atoms with van der Waals surface area (Å²) in [6.45, 7) is 0. The van der Waals surface area contributed by atoms with Crippen LogP contribution in [0.2, 0.25) is 0 Å². The Balaban J connectivity index is 3.07. The van der Waals surface area contributed by atoms with Crippen LogP contribution in [0.25, 0.3) is 0 Å². The molecule has 0 saturated carbocycles. The van der Waals surface area contributed by atoms with Gasteiger partial charge in [-0.05, 0) is 12.1 Å². The van der Waals surface area contributed by atoms with Gasteiger partial charge in [0.15, 0.2) is 5.82 Å². The maximum atomic E-state index is 13.2. The molecule has 0 fully saturated rings. The first-order valence-corrected chi connectivity index (χ1v) is 3.96. The van der Waals surface area contributed by atoms with Gasteiger partial charge in [0.1, 0.15) is 12.2 Å². The van der Waals surface area contributed by atoms with Crippen molar-refractivity contribution in [1.82, 2.24) is 0 Å². The summed E-state index contributed by atoms with van der Waals surface area (Å²) in [6.07, 6.45) is -0.478. The smallest absolute Gasteiger partial charge is 0.315 e. The molecule has 1 aromatic carbocycles. The lowest BCUT2D eigenvalue weighted by atomic mass is 10.1. The molecule has 78 valence electrons. The van der Waals surface area contributed by atoms with E-state index in [-0.39, 0.29) is 5.69 Å². The van der Waals surface area contributed by atoms with Gasteiger partial charge in [0, 0.05) is 0 Å². The van der Waals surface area contributed by atoms with Crippen LogP contribution in [0.1, 0.15) is 12.0 Å². The number of benzene rings is 1. The predicted molar refractivity (Wildman–Crippen MR) is 49.9 cm³/mol. The molecule has 0 saturated heterocycles. The zero-order valence-electron chi connectivity index (χ0n) is 7.55. The summed E-state index contributed by atoms with van der Waals surface area (Å²) >= 11 is 0. The Morgan fingerprint density at radius 2 is 2.13 bits per heavy atom. The van der Waals surface area contributed by atoms with Crippen molar-refractivity contribution in [3.8, 4) is 11.8 Å². The fourth-order valence-corrected chi connectivity index (χ4v) is 0.891. The van der Waals surface area contributed by atoms with Gasteiger partial charge in [-0.3, -0.25) is 4.79 Å². The average molecular weight is 211 g/mol. The first-order chi connectivity index (χ1) is 7.02. The monoisotopic (exact) mass is 211 g/mol. The highest BCUT2D eigenvalue weighted by Gasteiger charge is 2.09. The number of halogens is 2. The maximum Gasteiger partial charge on any atom is 0.315 e. The van der Waals surface area contributed by atoms with Crippen molar-refractivity contribution in [2.75, 3.05) is 5.73 Å². The first-order valence-electron chi connectivity index (χ1n) is 3.96. The Morgan fingerprint density at radius 1 is 1.47 bits per heavy atom. The molecule has 0 aliphatic heterocycles. The molecule has 0 bridgehead atoms. The molecule has 0 amide bonds. The third kappa shape index (κ3) is 2.68. The summed E-state index contributed by atoms with van der Waals surface area (Å²) < 4.78 is 26.2. The first kappa shape index (κ1) is 11.0. The van der Waals surface area contributed by atoms with Gasteiger partial charge in [-0.25, -0.2) is 8.78 Å². The molecule has 15 heavy (non-hydrogen) atoms. The Morgan fingerprint density at radius 3 is 2.73 bits per heavy atom. The number of carbonyl (C=O) groups is 1. The van der Waals surface area contributed by atoms with Crippen molar-refractivity contribution in [2.24, 2.45) is 0 Å².